The number of imidazole rings is 1. The minimum atomic E-state index is -0.188. The normalized spacial score (nSPS) is 10.1. The van der Waals surface area contributed by atoms with Crippen molar-refractivity contribution in [2.75, 3.05) is 0 Å². The molecule has 0 fully saturated rings. The topological polar surface area (TPSA) is 46.4 Å². The van der Waals surface area contributed by atoms with Crippen LogP contribution in [0.15, 0.2) is 43.4 Å². The van der Waals surface area contributed by atoms with Crippen molar-refractivity contribution in [3.63, 3.8) is 0 Å². The summed E-state index contributed by atoms with van der Waals surface area (Å²) in [6, 6.07) is 5.83. The average Bonchev–Trinajstić information content (AvgIpc) is 2.69. The largest absolute Gasteiger partial charge is 0.347 e. The summed E-state index contributed by atoms with van der Waals surface area (Å²) in [5, 5.41) is 2.69. The van der Waals surface area contributed by atoms with E-state index in [0.717, 1.165) is 11.2 Å². The van der Waals surface area contributed by atoms with E-state index in [1.807, 2.05) is 28.8 Å². The van der Waals surface area contributed by atoms with Crippen LogP contribution in [0.1, 0.15) is 5.69 Å². The lowest BCUT2D eigenvalue weighted by Crippen LogP contribution is -2.20. The van der Waals surface area contributed by atoms with E-state index in [-0.39, 0.29) is 5.91 Å². The number of carbonyl (C=O) groups is 1. The second kappa shape index (κ2) is 3.96. The number of pyridine rings is 1. The molecule has 2 aromatic rings. The van der Waals surface area contributed by atoms with E-state index in [1.165, 1.54) is 6.08 Å². The van der Waals surface area contributed by atoms with E-state index < -0.39 is 0 Å². The molecular formula is C11H11N3O. The maximum absolute atomic E-state index is 11.0. The molecule has 0 saturated heterocycles. The van der Waals surface area contributed by atoms with Crippen LogP contribution in [-0.4, -0.2) is 15.3 Å². The fourth-order valence-electron chi connectivity index (χ4n) is 1.38. The Morgan fingerprint density at radius 3 is 3.27 bits per heavy atom. The van der Waals surface area contributed by atoms with Gasteiger partial charge in [0.05, 0.1) is 24.1 Å². The van der Waals surface area contributed by atoms with Crippen LogP contribution in [0.3, 0.4) is 0 Å². The van der Waals surface area contributed by atoms with Crippen molar-refractivity contribution in [1.82, 2.24) is 14.7 Å². The van der Waals surface area contributed by atoms with E-state index >= 15 is 0 Å². The summed E-state index contributed by atoms with van der Waals surface area (Å²) >= 11 is 0. The SMILES string of the molecule is C=CC(=O)NCc1ncn2ccccc12. The molecule has 0 spiro atoms. The van der Waals surface area contributed by atoms with E-state index in [1.54, 1.807) is 6.33 Å². The van der Waals surface area contributed by atoms with Gasteiger partial charge in [0.25, 0.3) is 0 Å². The van der Waals surface area contributed by atoms with E-state index in [4.69, 9.17) is 0 Å². The van der Waals surface area contributed by atoms with Crippen LogP contribution >= 0.6 is 0 Å². The molecule has 1 N–H and O–H groups in total. The molecule has 0 atom stereocenters. The summed E-state index contributed by atoms with van der Waals surface area (Å²) in [4.78, 5) is 15.2. The summed E-state index contributed by atoms with van der Waals surface area (Å²) in [5.74, 6) is -0.188. The number of nitrogens with zero attached hydrogens (tertiary/aromatic N) is 2. The van der Waals surface area contributed by atoms with Crippen molar-refractivity contribution in [3.05, 3.63) is 49.1 Å². The van der Waals surface area contributed by atoms with Gasteiger partial charge in [-0.3, -0.25) is 4.79 Å². The Morgan fingerprint density at radius 2 is 2.47 bits per heavy atom. The summed E-state index contributed by atoms with van der Waals surface area (Å²) in [7, 11) is 0. The second-order valence-corrected chi connectivity index (χ2v) is 3.11. The van der Waals surface area contributed by atoms with Gasteiger partial charge in [-0.1, -0.05) is 12.6 Å². The summed E-state index contributed by atoms with van der Waals surface area (Å²) < 4.78 is 1.91. The van der Waals surface area contributed by atoms with Gasteiger partial charge >= 0.3 is 0 Å². The van der Waals surface area contributed by atoms with Gasteiger partial charge < -0.3 is 9.72 Å². The minimum Gasteiger partial charge on any atom is -0.347 e. The number of fused-ring (bicyclic) bond motifs is 1. The lowest BCUT2D eigenvalue weighted by atomic mass is 10.3. The highest BCUT2D eigenvalue weighted by Gasteiger charge is 2.03. The van der Waals surface area contributed by atoms with Gasteiger partial charge in [-0.15, -0.1) is 0 Å². The standard InChI is InChI=1S/C11H11N3O/c1-2-11(15)12-7-9-10-5-3-4-6-14(10)8-13-9/h2-6,8H,1,7H2,(H,12,15). The zero-order valence-electron chi connectivity index (χ0n) is 8.18. The van der Waals surface area contributed by atoms with Gasteiger partial charge in [0.1, 0.15) is 0 Å². The maximum Gasteiger partial charge on any atom is 0.243 e. The van der Waals surface area contributed by atoms with Crippen molar-refractivity contribution in [1.29, 1.82) is 0 Å². The first kappa shape index (κ1) is 9.45. The van der Waals surface area contributed by atoms with Gasteiger partial charge in [-0.2, -0.15) is 0 Å². The van der Waals surface area contributed by atoms with Gasteiger partial charge in [0.2, 0.25) is 5.91 Å². The molecule has 0 saturated carbocycles. The van der Waals surface area contributed by atoms with Crippen molar-refractivity contribution in [2.24, 2.45) is 0 Å². The number of amides is 1. The number of hydrogen-bond donors (Lipinski definition) is 1. The highest BCUT2D eigenvalue weighted by molar-refractivity contribution is 5.86. The second-order valence-electron chi connectivity index (χ2n) is 3.11. The third kappa shape index (κ3) is 1.88. The number of aromatic nitrogens is 2. The van der Waals surface area contributed by atoms with E-state index in [2.05, 4.69) is 16.9 Å². The Morgan fingerprint density at radius 1 is 1.60 bits per heavy atom. The molecule has 0 aliphatic rings. The van der Waals surface area contributed by atoms with Crippen molar-refractivity contribution >= 4 is 11.4 Å². The fourth-order valence-corrected chi connectivity index (χ4v) is 1.38. The Hall–Kier alpha value is -2.10. The molecule has 0 radical (unpaired) electrons. The summed E-state index contributed by atoms with van der Waals surface area (Å²) in [6.07, 6.45) is 4.89. The predicted octanol–water partition coefficient (Wildman–Crippen LogP) is 1.14. The maximum atomic E-state index is 11.0. The molecule has 0 bridgehead atoms. The molecule has 1 amide bonds. The molecule has 4 heteroatoms. The van der Waals surface area contributed by atoms with Gasteiger partial charge in [-0.05, 0) is 18.2 Å². The molecule has 0 unspecified atom stereocenters. The number of rotatable bonds is 3. The molecule has 0 aliphatic heterocycles. The van der Waals surface area contributed by atoms with E-state index in [9.17, 15) is 4.79 Å². The molecular weight excluding hydrogens is 190 g/mol. The van der Waals surface area contributed by atoms with Crippen molar-refractivity contribution in [3.8, 4) is 0 Å². The molecule has 2 rings (SSSR count). The van der Waals surface area contributed by atoms with Gasteiger partial charge in [0.15, 0.2) is 0 Å². The predicted molar refractivity (Wildman–Crippen MR) is 57.2 cm³/mol. The first-order valence-electron chi connectivity index (χ1n) is 4.62. The fraction of sp³-hybridized carbons (Fsp3) is 0.0909. The number of carbonyl (C=O) groups excluding carboxylic acids is 1. The van der Waals surface area contributed by atoms with Crippen molar-refractivity contribution in [2.45, 2.75) is 6.54 Å². The number of hydrogen-bond acceptors (Lipinski definition) is 2. The molecule has 2 heterocycles. The van der Waals surface area contributed by atoms with Crippen molar-refractivity contribution < 1.29 is 4.79 Å². The minimum absolute atomic E-state index is 0.188. The number of nitrogens with one attached hydrogen (secondary N) is 1. The first-order chi connectivity index (χ1) is 7.31. The Labute approximate surface area is 87.3 Å². The highest BCUT2D eigenvalue weighted by Crippen LogP contribution is 2.07. The summed E-state index contributed by atoms with van der Waals surface area (Å²) in [5.41, 5.74) is 1.85. The molecule has 0 aromatic carbocycles. The molecule has 4 nitrogen and oxygen atoms in total. The van der Waals surface area contributed by atoms with E-state index in [0.29, 0.717) is 6.54 Å². The van der Waals surface area contributed by atoms with Crippen LogP contribution in [0.4, 0.5) is 0 Å². The van der Waals surface area contributed by atoms with Crippen LogP contribution in [0.5, 0.6) is 0 Å². The quantitative estimate of drug-likeness (QED) is 0.757. The van der Waals surface area contributed by atoms with Crippen LogP contribution in [0.2, 0.25) is 0 Å². The lowest BCUT2D eigenvalue weighted by molar-refractivity contribution is -0.116. The third-order valence-corrected chi connectivity index (χ3v) is 2.14. The third-order valence-electron chi connectivity index (χ3n) is 2.14. The molecule has 76 valence electrons. The van der Waals surface area contributed by atoms with Crippen LogP contribution < -0.4 is 5.32 Å². The Kier molecular flexibility index (Phi) is 2.49. The Balaban J connectivity index is 2.21. The smallest absolute Gasteiger partial charge is 0.243 e. The summed E-state index contributed by atoms with van der Waals surface area (Å²) in [6.45, 7) is 3.81. The zero-order chi connectivity index (χ0) is 10.7. The van der Waals surface area contributed by atoms with Gasteiger partial charge in [-0.25, -0.2) is 4.98 Å². The lowest BCUT2D eigenvalue weighted by Gasteiger charge is -1.99. The monoisotopic (exact) mass is 201 g/mol. The molecule has 15 heavy (non-hydrogen) atoms. The van der Waals surface area contributed by atoms with Crippen LogP contribution in [0.25, 0.3) is 5.52 Å². The molecule has 0 aliphatic carbocycles. The zero-order valence-corrected chi connectivity index (χ0v) is 8.18. The van der Waals surface area contributed by atoms with Crippen LogP contribution in [0, 0.1) is 0 Å². The first-order valence-corrected chi connectivity index (χ1v) is 4.62. The molecule has 2 aromatic heterocycles. The Bertz CT molecular complexity index is 501. The van der Waals surface area contributed by atoms with Crippen LogP contribution in [-0.2, 0) is 11.3 Å². The highest BCUT2D eigenvalue weighted by atomic mass is 16.1. The average molecular weight is 201 g/mol. The van der Waals surface area contributed by atoms with Gasteiger partial charge in [0, 0.05) is 6.20 Å².